The zero-order valence-electron chi connectivity index (χ0n) is 10.4. The monoisotopic (exact) mass is 261 g/mol. The lowest BCUT2D eigenvalue weighted by Crippen LogP contribution is -2.43. The van der Waals surface area contributed by atoms with Gasteiger partial charge in [-0.3, -0.25) is 0 Å². The van der Waals surface area contributed by atoms with E-state index in [0.717, 1.165) is 39.9 Å². The highest BCUT2D eigenvalue weighted by Crippen LogP contribution is 2.44. The number of fused-ring (bicyclic) bond motifs is 1. The van der Waals surface area contributed by atoms with Gasteiger partial charge >= 0.3 is 0 Å². The van der Waals surface area contributed by atoms with E-state index in [1.807, 2.05) is 24.3 Å². The topological polar surface area (TPSA) is 35.2 Å². The van der Waals surface area contributed by atoms with Gasteiger partial charge in [0.15, 0.2) is 0 Å². The zero-order chi connectivity index (χ0) is 12.8. The SMILES string of the molecule is COc1cc2ccc(Cl)cc2cc1C1(N)CCC1. The summed E-state index contributed by atoms with van der Waals surface area (Å²) in [4.78, 5) is 0. The highest BCUT2D eigenvalue weighted by Gasteiger charge is 2.36. The highest BCUT2D eigenvalue weighted by atomic mass is 35.5. The molecule has 0 saturated heterocycles. The van der Waals surface area contributed by atoms with Crippen molar-refractivity contribution in [3.63, 3.8) is 0 Å². The molecule has 2 aromatic carbocycles. The second-order valence-corrected chi connectivity index (χ2v) is 5.49. The summed E-state index contributed by atoms with van der Waals surface area (Å²) in [5.74, 6) is 0.882. The molecule has 0 radical (unpaired) electrons. The van der Waals surface area contributed by atoms with E-state index in [9.17, 15) is 0 Å². The van der Waals surface area contributed by atoms with Crippen LogP contribution in [0, 0.1) is 0 Å². The van der Waals surface area contributed by atoms with Gasteiger partial charge in [0.25, 0.3) is 0 Å². The smallest absolute Gasteiger partial charge is 0.124 e. The number of hydrogen-bond donors (Lipinski definition) is 1. The second kappa shape index (κ2) is 4.15. The number of halogens is 1. The van der Waals surface area contributed by atoms with Gasteiger partial charge in [0, 0.05) is 16.1 Å². The molecular weight excluding hydrogens is 246 g/mol. The van der Waals surface area contributed by atoms with Gasteiger partial charge in [0.05, 0.1) is 7.11 Å². The van der Waals surface area contributed by atoms with Crippen molar-refractivity contribution in [2.45, 2.75) is 24.8 Å². The van der Waals surface area contributed by atoms with Crippen LogP contribution in [0.15, 0.2) is 30.3 Å². The van der Waals surface area contributed by atoms with E-state index in [-0.39, 0.29) is 5.54 Å². The number of methoxy groups -OCH3 is 1. The molecule has 1 aliphatic carbocycles. The summed E-state index contributed by atoms with van der Waals surface area (Å²) < 4.78 is 5.49. The van der Waals surface area contributed by atoms with Crippen molar-refractivity contribution < 1.29 is 4.74 Å². The first kappa shape index (κ1) is 11.8. The Morgan fingerprint density at radius 2 is 1.94 bits per heavy atom. The van der Waals surface area contributed by atoms with Crippen LogP contribution in [0.3, 0.4) is 0 Å². The molecule has 0 bridgehead atoms. The van der Waals surface area contributed by atoms with Gasteiger partial charge in [-0.15, -0.1) is 0 Å². The number of hydrogen-bond acceptors (Lipinski definition) is 2. The first-order chi connectivity index (χ1) is 8.62. The van der Waals surface area contributed by atoms with Gasteiger partial charge < -0.3 is 10.5 Å². The van der Waals surface area contributed by atoms with Crippen LogP contribution in [0.5, 0.6) is 5.75 Å². The van der Waals surface area contributed by atoms with Crippen LogP contribution in [0.4, 0.5) is 0 Å². The predicted octanol–water partition coefficient (Wildman–Crippen LogP) is 3.84. The molecule has 94 valence electrons. The number of benzene rings is 2. The maximum atomic E-state index is 6.42. The maximum absolute atomic E-state index is 6.42. The third kappa shape index (κ3) is 1.76. The Balaban J connectivity index is 2.22. The van der Waals surface area contributed by atoms with Crippen molar-refractivity contribution in [2.24, 2.45) is 5.73 Å². The molecule has 0 aliphatic heterocycles. The van der Waals surface area contributed by atoms with Crippen LogP contribution in [0.1, 0.15) is 24.8 Å². The van der Waals surface area contributed by atoms with E-state index in [0.29, 0.717) is 0 Å². The predicted molar refractivity (Wildman–Crippen MR) is 75.2 cm³/mol. The summed E-state index contributed by atoms with van der Waals surface area (Å²) in [6.45, 7) is 0. The zero-order valence-corrected chi connectivity index (χ0v) is 11.1. The van der Waals surface area contributed by atoms with E-state index in [2.05, 4.69) is 6.07 Å². The molecule has 3 rings (SSSR count). The average molecular weight is 262 g/mol. The lowest BCUT2D eigenvalue weighted by molar-refractivity contribution is 0.244. The summed E-state index contributed by atoms with van der Waals surface area (Å²) >= 11 is 6.04. The van der Waals surface area contributed by atoms with Crippen LogP contribution in [0.2, 0.25) is 5.02 Å². The van der Waals surface area contributed by atoms with Gasteiger partial charge in [-0.1, -0.05) is 17.7 Å². The Morgan fingerprint density at radius 1 is 1.17 bits per heavy atom. The highest BCUT2D eigenvalue weighted by molar-refractivity contribution is 6.31. The minimum atomic E-state index is -0.220. The third-order valence-electron chi connectivity index (χ3n) is 3.90. The molecule has 0 spiro atoms. The molecule has 1 saturated carbocycles. The summed E-state index contributed by atoms with van der Waals surface area (Å²) in [6, 6.07) is 10.0. The summed E-state index contributed by atoms with van der Waals surface area (Å²) in [5.41, 5.74) is 7.30. The number of nitrogens with two attached hydrogens (primary N) is 1. The molecule has 2 N–H and O–H groups in total. The Kier molecular flexibility index (Phi) is 2.72. The summed E-state index contributed by atoms with van der Waals surface area (Å²) in [5, 5.41) is 3.00. The minimum absolute atomic E-state index is 0.220. The van der Waals surface area contributed by atoms with Crippen molar-refractivity contribution in [1.82, 2.24) is 0 Å². The van der Waals surface area contributed by atoms with Gasteiger partial charge in [-0.25, -0.2) is 0 Å². The number of ether oxygens (including phenoxy) is 1. The second-order valence-electron chi connectivity index (χ2n) is 5.05. The largest absolute Gasteiger partial charge is 0.496 e. The fourth-order valence-corrected chi connectivity index (χ4v) is 2.81. The third-order valence-corrected chi connectivity index (χ3v) is 4.14. The summed E-state index contributed by atoms with van der Waals surface area (Å²) in [6.07, 6.45) is 3.23. The minimum Gasteiger partial charge on any atom is -0.496 e. The van der Waals surface area contributed by atoms with Crippen LogP contribution in [-0.4, -0.2) is 7.11 Å². The van der Waals surface area contributed by atoms with E-state index in [1.165, 1.54) is 6.42 Å². The van der Waals surface area contributed by atoms with E-state index < -0.39 is 0 Å². The van der Waals surface area contributed by atoms with E-state index in [1.54, 1.807) is 7.11 Å². The van der Waals surface area contributed by atoms with Gasteiger partial charge in [-0.2, -0.15) is 0 Å². The van der Waals surface area contributed by atoms with Crippen molar-refractivity contribution in [1.29, 1.82) is 0 Å². The van der Waals surface area contributed by atoms with E-state index in [4.69, 9.17) is 22.1 Å². The first-order valence-electron chi connectivity index (χ1n) is 6.19. The lowest BCUT2D eigenvalue weighted by atomic mass is 9.72. The van der Waals surface area contributed by atoms with Crippen LogP contribution >= 0.6 is 11.6 Å². The molecule has 1 aliphatic rings. The van der Waals surface area contributed by atoms with Crippen molar-refractivity contribution in [2.75, 3.05) is 7.11 Å². The maximum Gasteiger partial charge on any atom is 0.124 e. The molecule has 0 aromatic heterocycles. The van der Waals surface area contributed by atoms with Crippen LogP contribution < -0.4 is 10.5 Å². The molecule has 0 heterocycles. The standard InChI is InChI=1S/C15H16ClNO/c1-18-14-9-10-3-4-12(16)7-11(10)8-13(14)15(17)5-2-6-15/h3-4,7-9H,2,5-6,17H2,1H3. The molecule has 3 heteroatoms. The average Bonchev–Trinajstić information content (AvgIpc) is 2.34. The van der Waals surface area contributed by atoms with Crippen molar-refractivity contribution >= 4 is 22.4 Å². The Hall–Kier alpha value is -1.25. The molecule has 0 atom stereocenters. The molecule has 18 heavy (non-hydrogen) atoms. The normalized spacial score (nSPS) is 17.5. The van der Waals surface area contributed by atoms with Gasteiger partial charge in [-0.05, 0) is 54.3 Å². The molecule has 2 nitrogen and oxygen atoms in total. The van der Waals surface area contributed by atoms with E-state index >= 15 is 0 Å². The fraction of sp³-hybridized carbons (Fsp3) is 0.333. The number of rotatable bonds is 2. The molecule has 0 unspecified atom stereocenters. The van der Waals surface area contributed by atoms with Gasteiger partial charge in [0.1, 0.15) is 5.75 Å². The first-order valence-corrected chi connectivity index (χ1v) is 6.57. The van der Waals surface area contributed by atoms with Gasteiger partial charge in [0.2, 0.25) is 0 Å². The molecular formula is C15H16ClNO. The summed E-state index contributed by atoms with van der Waals surface area (Å²) in [7, 11) is 1.70. The Labute approximate surface area is 112 Å². The lowest BCUT2D eigenvalue weighted by Gasteiger charge is -2.39. The molecule has 0 amide bonds. The molecule has 2 aromatic rings. The van der Waals surface area contributed by atoms with Crippen LogP contribution in [0.25, 0.3) is 10.8 Å². The Morgan fingerprint density at radius 3 is 2.56 bits per heavy atom. The fourth-order valence-electron chi connectivity index (χ4n) is 2.63. The van der Waals surface area contributed by atoms with Crippen LogP contribution in [-0.2, 0) is 5.54 Å². The Bertz CT molecular complexity index is 605. The molecule has 1 fully saturated rings. The van der Waals surface area contributed by atoms with Crippen molar-refractivity contribution in [3.05, 3.63) is 40.9 Å². The quantitative estimate of drug-likeness (QED) is 0.891. The van der Waals surface area contributed by atoms with Crippen molar-refractivity contribution in [3.8, 4) is 5.75 Å².